The Balaban J connectivity index is 2.29. The van der Waals surface area contributed by atoms with Gasteiger partial charge >= 0.3 is 0 Å². The summed E-state index contributed by atoms with van der Waals surface area (Å²) < 4.78 is 0. The molecule has 1 atom stereocenters. The van der Waals surface area contributed by atoms with Crippen molar-refractivity contribution in [2.75, 3.05) is 25.5 Å². The summed E-state index contributed by atoms with van der Waals surface area (Å²) in [6, 6.07) is 6.03. The lowest BCUT2D eigenvalue weighted by Crippen LogP contribution is -2.18. The van der Waals surface area contributed by atoms with Gasteiger partial charge in [-0.3, -0.25) is 0 Å². The van der Waals surface area contributed by atoms with Crippen LogP contribution in [0, 0.1) is 0 Å². The molecule has 0 radical (unpaired) electrons. The Hall–Kier alpha value is -0.730. The highest BCUT2D eigenvalue weighted by Gasteiger charge is 2.21. The molecule has 13 heavy (non-hydrogen) atoms. The first-order chi connectivity index (χ1) is 6.31. The van der Waals surface area contributed by atoms with Crippen molar-refractivity contribution < 1.29 is 0 Å². The summed E-state index contributed by atoms with van der Waals surface area (Å²) in [7, 11) is 1.97. The number of halogens is 1. The molecule has 0 saturated heterocycles. The van der Waals surface area contributed by atoms with Gasteiger partial charge in [-0.05, 0) is 30.8 Å². The zero-order valence-corrected chi connectivity index (χ0v) is 8.36. The molecule has 1 aromatic rings. The van der Waals surface area contributed by atoms with Crippen molar-refractivity contribution in [1.82, 2.24) is 5.32 Å². The molecule has 0 spiro atoms. The number of hydrogen-bond acceptors (Lipinski definition) is 2. The van der Waals surface area contributed by atoms with Crippen molar-refractivity contribution in [3.8, 4) is 0 Å². The fourth-order valence-electron chi connectivity index (χ4n) is 1.80. The second-order valence-corrected chi connectivity index (χ2v) is 3.80. The summed E-state index contributed by atoms with van der Waals surface area (Å²) in [5, 5.41) is 7.37. The van der Waals surface area contributed by atoms with Gasteiger partial charge in [-0.2, -0.15) is 0 Å². The molecule has 70 valence electrons. The van der Waals surface area contributed by atoms with E-state index in [1.807, 2.05) is 19.2 Å². The number of rotatable bonds is 2. The summed E-state index contributed by atoms with van der Waals surface area (Å²) in [6.45, 7) is 2.01. The van der Waals surface area contributed by atoms with Crippen LogP contribution in [0.3, 0.4) is 0 Å². The first kappa shape index (κ1) is 8.85. The Morgan fingerprint density at radius 1 is 1.62 bits per heavy atom. The Kier molecular flexibility index (Phi) is 2.42. The molecule has 0 aromatic heterocycles. The molecule has 2 rings (SSSR count). The molecule has 1 unspecified atom stereocenters. The quantitative estimate of drug-likeness (QED) is 0.757. The van der Waals surface area contributed by atoms with E-state index >= 15 is 0 Å². The van der Waals surface area contributed by atoms with Gasteiger partial charge in [0.15, 0.2) is 0 Å². The highest BCUT2D eigenvalue weighted by atomic mass is 35.5. The van der Waals surface area contributed by atoms with Crippen LogP contribution in [0.1, 0.15) is 11.5 Å². The molecular formula is C10H13ClN2. The van der Waals surface area contributed by atoms with Crippen molar-refractivity contribution >= 4 is 17.3 Å². The first-order valence-corrected chi connectivity index (χ1v) is 4.87. The fourth-order valence-corrected chi connectivity index (χ4v) is 1.98. The summed E-state index contributed by atoms with van der Waals surface area (Å²) in [5.74, 6) is 0.554. The minimum atomic E-state index is 0.554. The van der Waals surface area contributed by atoms with Crippen LogP contribution in [0.4, 0.5) is 5.69 Å². The van der Waals surface area contributed by atoms with Gasteiger partial charge < -0.3 is 10.6 Å². The van der Waals surface area contributed by atoms with E-state index in [4.69, 9.17) is 11.6 Å². The van der Waals surface area contributed by atoms with E-state index in [1.165, 1.54) is 11.3 Å². The lowest BCUT2D eigenvalue weighted by molar-refractivity contribution is 0.674. The number of likely N-dealkylation sites (N-methyl/N-ethyl adjacent to an activating group) is 1. The van der Waals surface area contributed by atoms with Crippen molar-refractivity contribution in [2.24, 2.45) is 0 Å². The smallest absolute Gasteiger partial charge is 0.0410 e. The average molecular weight is 197 g/mol. The number of fused-ring (bicyclic) bond motifs is 1. The van der Waals surface area contributed by atoms with Gasteiger partial charge in [-0.25, -0.2) is 0 Å². The topological polar surface area (TPSA) is 24.1 Å². The highest BCUT2D eigenvalue weighted by Crippen LogP contribution is 2.32. The van der Waals surface area contributed by atoms with Crippen molar-refractivity contribution in [1.29, 1.82) is 0 Å². The van der Waals surface area contributed by atoms with E-state index in [2.05, 4.69) is 16.7 Å². The summed E-state index contributed by atoms with van der Waals surface area (Å²) >= 11 is 5.94. The van der Waals surface area contributed by atoms with Crippen molar-refractivity contribution in [2.45, 2.75) is 5.92 Å². The molecule has 1 aliphatic rings. The maximum atomic E-state index is 5.94. The van der Waals surface area contributed by atoms with Gasteiger partial charge in [-0.15, -0.1) is 0 Å². The number of nitrogens with one attached hydrogen (secondary N) is 2. The molecule has 1 aromatic carbocycles. The maximum absolute atomic E-state index is 5.94. The van der Waals surface area contributed by atoms with Gasteiger partial charge in [0.1, 0.15) is 0 Å². The molecule has 3 heteroatoms. The lowest BCUT2D eigenvalue weighted by Gasteiger charge is -2.08. The predicted molar refractivity (Wildman–Crippen MR) is 56.6 cm³/mol. The normalized spacial score (nSPS) is 19.7. The van der Waals surface area contributed by atoms with Gasteiger partial charge in [-0.1, -0.05) is 11.6 Å². The SMILES string of the molecule is CNCC1CNc2ccc(Cl)cc21. The molecule has 0 aliphatic carbocycles. The Labute approximate surface area is 83.3 Å². The molecule has 0 fully saturated rings. The zero-order chi connectivity index (χ0) is 9.26. The molecule has 1 aliphatic heterocycles. The van der Waals surface area contributed by atoms with Gasteiger partial charge in [0.25, 0.3) is 0 Å². The fraction of sp³-hybridized carbons (Fsp3) is 0.400. The maximum Gasteiger partial charge on any atom is 0.0410 e. The molecule has 0 amide bonds. The highest BCUT2D eigenvalue weighted by molar-refractivity contribution is 6.30. The van der Waals surface area contributed by atoms with Crippen LogP contribution < -0.4 is 10.6 Å². The van der Waals surface area contributed by atoms with Crippen molar-refractivity contribution in [3.05, 3.63) is 28.8 Å². The van der Waals surface area contributed by atoms with E-state index < -0.39 is 0 Å². The van der Waals surface area contributed by atoms with Crippen LogP contribution in [0.2, 0.25) is 5.02 Å². The summed E-state index contributed by atoms with van der Waals surface area (Å²) in [4.78, 5) is 0. The van der Waals surface area contributed by atoms with E-state index in [9.17, 15) is 0 Å². The van der Waals surface area contributed by atoms with E-state index in [-0.39, 0.29) is 0 Å². The van der Waals surface area contributed by atoms with Gasteiger partial charge in [0, 0.05) is 29.7 Å². The summed E-state index contributed by atoms with van der Waals surface area (Å²) in [6.07, 6.45) is 0. The third kappa shape index (κ3) is 1.64. The zero-order valence-electron chi connectivity index (χ0n) is 7.60. The largest absolute Gasteiger partial charge is 0.384 e. The standard InChI is InChI=1S/C10H13ClN2/c1-12-5-7-6-13-10-3-2-8(11)4-9(7)10/h2-4,7,12-13H,5-6H2,1H3. The second-order valence-electron chi connectivity index (χ2n) is 3.37. The van der Waals surface area contributed by atoms with Crippen LogP contribution in [-0.4, -0.2) is 20.1 Å². The number of anilines is 1. The monoisotopic (exact) mass is 196 g/mol. The Morgan fingerprint density at radius 3 is 3.23 bits per heavy atom. The van der Waals surface area contributed by atoms with E-state index in [0.717, 1.165) is 18.1 Å². The Morgan fingerprint density at radius 2 is 2.46 bits per heavy atom. The van der Waals surface area contributed by atoms with Crippen molar-refractivity contribution in [3.63, 3.8) is 0 Å². The predicted octanol–water partition coefficient (Wildman–Crippen LogP) is 2.07. The lowest BCUT2D eigenvalue weighted by atomic mass is 10.0. The third-order valence-electron chi connectivity index (χ3n) is 2.44. The molecule has 0 saturated carbocycles. The number of hydrogen-bond donors (Lipinski definition) is 2. The van der Waals surface area contributed by atoms with Crippen LogP contribution in [0.15, 0.2) is 18.2 Å². The van der Waals surface area contributed by atoms with E-state index in [0.29, 0.717) is 5.92 Å². The minimum absolute atomic E-state index is 0.554. The Bertz CT molecular complexity index is 310. The van der Waals surface area contributed by atoms with Crippen LogP contribution >= 0.6 is 11.6 Å². The van der Waals surface area contributed by atoms with Crippen LogP contribution in [0.5, 0.6) is 0 Å². The van der Waals surface area contributed by atoms with E-state index in [1.54, 1.807) is 0 Å². The molecule has 2 N–H and O–H groups in total. The molecule has 2 nitrogen and oxygen atoms in total. The number of benzene rings is 1. The van der Waals surface area contributed by atoms with Gasteiger partial charge in [0.2, 0.25) is 0 Å². The summed E-state index contributed by atoms with van der Waals surface area (Å²) in [5.41, 5.74) is 2.56. The average Bonchev–Trinajstić information content (AvgIpc) is 2.49. The van der Waals surface area contributed by atoms with Crippen LogP contribution in [0.25, 0.3) is 0 Å². The third-order valence-corrected chi connectivity index (χ3v) is 2.68. The van der Waals surface area contributed by atoms with Gasteiger partial charge in [0.05, 0.1) is 0 Å². The minimum Gasteiger partial charge on any atom is -0.384 e. The molecule has 1 heterocycles. The molecular weight excluding hydrogens is 184 g/mol. The first-order valence-electron chi connectivity index (χ1n) is 4.49. The molecule has 0 bridgehead atoms. The second kappa shape index (κ2) is 3.56. The van der Waals surface area contributed by atoms with Crippen LogP contribution in [-0.2, 0) is 0 Å².